The molecular weight excluding hydrogens is 412 g/mol. The molecule has 166 valence electrons. The summed E-state index contributed by atoms with van der Waals surface area (Å²) < 4.78 is 4.75. The van der Waals surface area contributed by atoms with Crippen molar-refractivity contribution in [3.05, 3.63) is 107 Å². The summed E-state index contributed by atoms with van der Waals surface area (Å²) in [7, 11) is 0. The van der Waals surface area contributed by atoms with Crippen molar-refractivity contribution in [1.29, 1.82) is 0 Å². The number of para-hydroxylation sites is 2. The summed E-state index contributed by atoms with van der Waals surface area (Å²) >= 11 is 0. The molecule has 3 aromatic carbocycles. The van der Waals surface area contributed by atoms with E-state index in [1.807, 2.05) is 6.08 Å². The van der Waals surface area contributed by atoms with E-state index >= 15 is 0 Å². The Morgan fingerprint density at radius 3 is 2.15 bits per heavy atom. The van der Waals surface area contributed by atoms with Crippen molar-refractivity contribution in [3.63, 3.8) is 0 Å². The molecule has 1 unspecified atom stereocenters. The first-order valence-electron chi connectivity index (χ1n) is 12.0. The highest BCUT2D eigenvalue weighted by Gasteiger charge is 2.17. The lowest BCUT2D eigenvalue weighted by atomic mass is 10.0. The molecule has 0 spiro atoms. The van der Waals surface area contributed by atoms with Crippen LogP contribution in [0.2, 0.25) is 0 Å². The van der Waals surface area contributed by atoms with Crippen LogP contribution in [0.15, 0.2) is 85.5 Å². The van der Waals surface area contributed by atoms with E-state index in [0.29, 0.717) is 5.92 Å². The fourth-order valence-corrected chi connectivity index (χ4v) is 5.46. The number of rotatable bonds is 4. The Labute approximate surface area is 200 Å². The quantitative estimate of drug-likeness (QED) is 0.289. The number of hydrogen-bond acceptors (Lipinski definition) is 0. The molecule has 5 aromatic rings. The third-order valence-electron chi connectivity index (χ3n) is 6.91. The van der Waals surface area contributed by atoms with Crippen LogP contribution in [0.25, 0.3) is 57.5 Å². The molecule has 1 atom stereocenters. The third-order valence-corrected chi connectivity index (χ3v) is 6.91. The standard InChI is InChI=1S/C32H28N2/c1-4-11-25-28-19-18-22(3)20-32(28)33(29(25)5-2)23-12-10-13-24(21-23)34-30-16-8-6-14-26(30)27-15-7-9-17-31(27)34/h4-17,19-22H,2,18H2,1,3H3/b11-4-. The Balaban J connectivity index is 1.67. The third kappa shape index (κ3) is 3.03. The van der Waals surface area contributed by atoms with Crippen molar-refractivity contribution >= 4 is 46.1 Å². The lowest BCUT2D eigenvalue weighted by Crippen LogP contribution is -2.32. The van der Waals surface area contributed by atoms with E-state index in [-0.39, 0.29) is 0 Å². The Kier molecular flexibility index (Phi) is 4.88. The minimum atomic E-state index is 0.512. The minimum Gasteiger partial charge on any atom is -0.310 e. The van der Waals surface area contributed by atoms with Gasteiger partial charge in [0.15, 0.2) is 0 Å². The number of aromatic nitrogens is 2. The maximum atomic E-state index is 4.19. The van der Waals surface area contributed by atoms with Crippen LogP contribution in [0, 0.1) is 5.92 Å². The van der Waals surface area contributed by atoms with Gasteiger partial charge in [0.1, 0.15) is 0 Å². The molecule has 0 saturated heterocycles. The highest BCUT2D eigenvalue weighted by molar-refractivity contribution is 6.09. The van der Waals surface area contributed by atoms with Crippen LogP contribution in [0.5, 0.6) is 0 Å². The zero-order chi connectivity index (χ0) is 23.2. The second kappa shape index (κ2) is 8.07. The van der Waals surface area contributed by atoms with Crippen molar-refractivity contribution in [2.24, 2.45) is 5.92 Å². The summed E-state index contributed by atoms with van der Waals surface area (Å²) in [5, 5.41) is 5.14. The van der Waals surface area contributed by atoms with Gasteiger partial charge in [0.2, 0.25) is 0 Å². The predicted molar refractivity (Wildman–Crippen MR) is 147 cm³/mol. The summed E-state index contributed by atoms with van der Waals surface area (Å²) in [5.74, 6) is 0.512. The highest BCUT2D eigenvalue weighted by Crippen LogP contribution is 2.32. The number of benzene rings is 3. The van der Waals surface area contributed by atoms with Gasteiger partial charge >= 0.3 is 0 Å². The molecule has 2 heterocycles. The highest BCUT2D eigenvalue weighted by atomic mass is 15.0. The molecule has 0 saturated carbocycles. The Morgan fingerprint density at radius 1 is 0.853 bits per heavy atom. The monoisotopic (exact) mass is 440 g/mol. The van der Waals surface area contributed by atoms with Gasteiger partial charge in [-0.2, -0.15) is 0 Å². The van der Waals surface area contributed by atoms with Crippen LogP contribution < -0.4 is 10.6 Å². The van der Waals surface area contributed by atoms with Gasteiger partial charge in [-0.05, 0) is 55.7 Å². The first-order valence-corrected chi connectivity index (χ1v) is 12.0. The van der Waals surface area contributed by atoms with E-state index in [1.54, 1.807) is 0 Å². The van der Waals surface area contributed by atoms with Gasteiger partial charge in [0, 0.05) is 32.9 Å². The summed E-state index contributed by atoms with van der Waals surface area (Å²) in [5.41, 5.74) is 7.15. The molecule has 0 fully saturated rings. The molecule has 0 radical (unpaired) electrons. The lowest BCUT2D eigenvalue weighted by Gasteiger charge is -2.14. The van der Waals surface area contributed by atoms with Gasteiger partial charge in [0.05, 0.1) is 22.1 Å². The predicted octanol–water partition coefficient (Wildman–Crippen LogP) is 6.85. The lowest BCUT2D eigenvalue weighted by molar-refractivity contribution is 0.790. The van der Waals surface area contributed by atoms with Gasteiger partial charge in [0.25, 0.3) is 0 Å². The smallest absolute Gasteiger partial charge is 0.0541 e. The average Bonchev–Trinajstić information content (AvgIpc) is 3.36. The summed E-state index contributed by atoms with van der Waals surface area (Å²) in [6, 6.07) is 26.2. The molecule has 1 aliphatic rings. The van der Waals surface area contributed by atoms with Crippen LogP contribution in [-0.2, 0) is 0 Å². The topological polar surface area (TPSA) is 9.86 Å². The van der Waals surface area contributed by atoms with Crippen molar-refractivity contribution in [1.82, 2.24) is 9.13 Å². The minimum absolute atomic E-state index is 0.512. The zero-order valence-electron chi connectivity index (χ0n) is 19.7. The molecule has 0 aliphatic heterocycles. The van der Waals surface area contributed by atoms with Crippen molar-refractivity contribution in [2.75, 3.05) is 0 Å². The van der Waals surface area contributed by atoms with E-state index in [0.717, 1.165) is 23.5 Å². The van der Waals surface area contributed by atoms with Gasteiger partial charge in [-0.15, -0.1) is 0 Å². The Bertz CT molecular complexity index is 1670. The van der Waals surface area contributed by atoms with E-state index in [2.05, 4.69) is 127 Å². The Morgan fingerprint density at radius 2 is 1.50 bits per heavy atom. The van der Waals surface area contributed by atoms with Gasteiger partial charge in [-0.1, -0.05) is 80.3 Å². The maximum Gasteiger partial charge on any atom is 0.0541 e. The fraction of sp³-hybridized carbons (Fsp3) is 0.125. The maximum absolute atomic E-state index is 4.19. The molecule has 34 heavy (non-hydrogen) atoms. The van der Waals surface area contributed by atoms with Gasteiger partial charge in [-0.3, -0.25) is 0 Å². The van der Waals surface area contributed by atoms with Gasteiger partial charge in [-0.25, -0.2) is 0 Å². The van der Waals surface area contributed by atoms with Crippen LogP contribution in [0.4, 0.5) is 0 Å². The SMILES string of the molecule is C=Cc1c(/C=C\C)c2c(n1-c1cccc(-n3c4ccccc4c4ccccc43)c1)=CC(C)CC=2. The summed E-state index contributed by atoms with van der Waals surface area (Å²) in [4.78, 5) is 0. The first-order chi connectivity index (χ1) is 16.7. The molecule has 0 amide bonds. The second-order valence-electron chi connectivity index (χ2n) is 9.11. The largest absolute Gasteiger partial charge is 0.310 e. The molecule has 2 nitrogen and oxygen atoms in total. The van der Waals surface area contributed by atoms with E-state index < -0.39 is 0 Å². The molecule has 6 rings (SSSR count). The molecule has 2 aromatic heterocycles. The molecule has 1 aliphatic carbocycles. The molecule has 0 bridgehead atoms. The number of hydrogen-bond donors (Lipinski definition) is 0. The van der Waals surface area contributed by atoms with E-state index in [1.165, 1.54) is 37.9 Å². The molecule has 0 N–H and O–H groups in total. The van der Waals surface area contributed by atoms with Crippen LogP contribution in [-0.4, -0.2) is 9.13 Å². The zero-order valence-corrected chi connectivity index (χ0v) is 19.7. The van der Waals surface area contributed by atoms with Gasteiger partial charge < -0.3 is 9.13 Å². The van der Waals surface area contributed by atoms with Crippen LogP contribution in [0.1, 0.15) is 31.5 Å². The van der Waals surface area contributed by atoms with Crippen molar-refractivity contribution in [2.45, 2.75) is 20.3 Å². The number of allylic oxidation sites excluding steroid dienone is 1. The van der Waals surface area contributed by atoms with Crippen molar-refractivity contribution in [3.8, 4) is 11.4 Å². The summed E-state index contributed by atoms with van der Waals surface area (Å²) in [6.45, 7) is 8.55. The van der Waals surface area contributed by atoms with Crippen LogP contribution in [0.3, 0.4) is 0 Å². The average molecular weight is 441 g/mol. The Hall–Kier alpha value is -4.04. The number of fused-ring (bicyclic) bond motifs is 4. The first kappa shape index (κ1) is 20.6. The van der Waals surface area contributed by atoms with E-state index in [4.69, 9.17) is 0 Å². The van der Waals surface area contributed by atoms with E-state index in [9.17, 15) is 0 Å². The fourth-order valence-electron chi connectivity index (χ4n) is 5.46. The summed E-state index contributed by atoms with van der Waals surface area (Å²) in [6.07, 6.45) is 12.2. The molecule has 2 heteroatoms. The van der Waals surface area contributed by atoms with Crippen molar-refractivity contribution < 1.29 is 0 Å². The number of nitrogens with zero attached hydrogens (tertiary/aromatic N) is 2. The van der Waals surface area contributed by atoms with Crippen LogP contribution >= 0.6 is 0 Å². The normalized spacial score (nSPS) is 15.4. The second-order valence-corrected chi connectivity index (χ2v) is 9.11. The molecular formula is C32H28N2.